The molecule has 0 saturated heterocycles. The number of benzene rings is 1. The Morgan fingerprint density at radius 1 is 1.40 bits per heavy atom. The van der Waals surface area contributed by atoms with Gasteiger partial charge in [0.1, 0.15) is 0 Å². The first-order valence-electron chi connectivity index (χ1n) is 7.16. The average molecular weight is 287 g/mol. The molecule has 1 aromatic carbocycles. The van der Waals surface area contributed by atoms with Gasteiger partial charge in [0.05, 0.1) is 5.69 Å². The van der Waals surface area contributed by atoms with Gasteiger partial charge in [-0.15, -0.1) is 0 Å². The summed E-state index contributed by atoms with van der Waals surface area (Å²) in [6.07, 6.45) is 3.34. The van der Waals surface area contributed by atoms with Crippen LogP contribution in [0.3, 0.4) is 0 Å². The molecule has 20 heavy (non-hydrogen) atoms. The smallest absolute Gasteiger partial charge is 0.185 e. The monoisotopic (exact) mass is 287 g/mol. The van der Waals surface area contributed by atoms with Gasteiger partial charge >= 0.3 is 0 Å². The molecule has 0 saturated carbocycles. The second-order valence-corrected chi connectivity index (χ2v) is 6.60. The predicted octanol–water partition coefficient (Wildman–Crippen LogP) is 3.42. The van der Waals surface area contributed by atoms with E-state index in [4.69, 9.17) is 10.7 Å². The van der Waals surface area contributed by atoms with Crippen LogP contribution in [0.4, 0.5) is 5.13 Å². The van der Waals surface area contributed by atoms with Crippen LogP contribution in [0.2, 0.25) is 0 Å². The topological polar surface area (TPSA) is 42.2 Å². The number of nitrogens with two attached hydrogens (primary N) is 1. The Balaban J connectivity index is 1.81. The van der Waals surface area contributed by atoms with Gasteiger partial charge in [-0.05, 0) is 37.3 Å². The van der Waals surface area contributed by atoms with E-state index < -0.39 is 0 Å². The van der Waals surface area contributed by atoms with Crippen molar-refractivity contribution in [1.82, 2.24) is 4.98 Å². The molecule has 0 amide bonds. The van der Waals surface area contributed by atoms with Crippen LogP contribution in [0.1, 0.15) is 40.6 Å². The van der Waals surface area contributed by atoms with Crippen LogP contribution in [0, 0.1) is 6.92 Å². The molecule has 0 aliphatic heterocycles. The standard InChI is InChI=1S/C16H21N3S/c1-11-6-3-4-7-12(11)10-19(2)16-18-14-9-5-8-13(17)15(14)20-16/h3-4,6-7,13H,5,8-10,17H2,1-2H3. The SMILES string of the molecule is Cc1ccccc1CN(C)c1nc2c(s1)C(N)CCC2. The van der Waals surface area contributed by atoms with Crippen LogP contribution in [-0.4, -0.2) is 12.0 Å². The van der Waals surface area contributed by atoms with Crippen molar-refractivity contribution in [2.24, 2.45) is 5.73 Å². The summed E-state index contributed by atoms with van der Waals surface area (Å²) in [5.41, 5.74) is 10.1. The van der Waals surface area contributed by atoms with Crippen molar-refractivity contribution in [3.63, 3.8) is 0 Å². The molecule has 0 fully saturated rings. The lowest BCUT2D eigenvalue weighted by molar-refractivity contribution is 0.573. The summed E-state index contributed by atoms with van der Waals surface area (Å²) in [5, 5.41) is 1.09. The van der Waals surface area contributed by atoms with Gasteiger partial charge in [0.25, 0.3) is 0 Å². The number of aryl methyl sites for hydroxylation is 2. The third kappa shape index (κ3) is 2.58. The lowest BCUT2D eigenvalue weighted by atomic mass is 9.99. The Morgan fingerprint density at radius 3 is 2.95 bits per heavy atom. The van der Waals surface area contributed by atoms with E-state index in [0.29, 0.717) is 0 Å². The van der Waals surface area contributed by atoms with Gasteiger partial charge in [0.2, 0.25) is 0 Å². The van der Waals surface area contributed by atoms with Crippen molar-refractivity contribution in [3.05, 3.63) is 46.0 Å². The summed E-state index contributed by atoms with van der Waals surface area (Å²) < 4.78 is 0. The Labute approximate surface area is 124 Å². The van der Waals surface area contributed by atoms with Crippen molar-refractivity contribution in [2.75, 3.05) is 11.9 Å². The Morgan fingerprint density at radius 2 is 2.20 bits per heavy atom. The van der Waals surface area contributed by atoms with E-state index in [2.05, 4.69) is 43.1 Å². The molecule has 106 valence electrons. The van der Waals surface area contributed by atoms with E-state index in [-0.39, 0.29) is 6.04 Å². The van der Waals surface area contributed by atoms with Crippen LogP contribution >= 0.6 is 11.3 Å². The highest BCUT2D eigenvalue weighted by Gasteiger charge is 2.22. The van der Waals surface area contributed by atoms with Crippen LogP contribution in [0.15, 0.2) is 24.3 Å². The highest BCUT2D eigenvalue weighted by molar-refractivity contribution is 7.15. The maximum Gasteiger partial charge on any atom is 0.185 e. The van der Waals surface area contributed by atoms with Crippen molar-refractivity contribution < 1.29 is 0 Å². The molecule has 3 rings (SSSR count). The number of rotatable bonds is 3. The van der Waals surface area contributed by atoms with Crippen LogP contribution in [-0.2, 0) is 13.0 Å². The molecule has 2 N–H and O–H groups in total. The first kappa shape index (κ1) is 13.6. The van der Waals surface area contributed by atoms with Gasteiger partial charge in [-0.2, -0.15) is 0 Å². The van der Waals surface area contributed by atoms with Gasteiger partial charge in [0.15, 0.2) is 5.13 Å². The molecule has 0 spiro atoms. The van der Waals surface area contributed by atoms with E-state index in [1.54, 1.807) is 11.3 Å². The van der Waals surface area contributed by atoms with Crippen LogP contribution in [0.5, 0.6) is 0 Å². The molecule has 1 aromatic heterocycles. The zero-order chi connectivity index (χ0) is 14.1. The van der Waals surface area contributed by atoms with Crippen molar-refractivity contribution >= 4 is 16.5 Å². The molecule has 1 aliphatic rings. The first-order chi connectivity index (χ1) is 9.65. The maximum absolute atomic E-state index is 6.19. The summed E-state index contributed by atoms with van der Waals surface area (Å²) in [6, 6.07) is 8.72. The summed E-state index contributed by atoms with van der Waals surface area (Å²) in [7, 11) is 2.11. The zero-order valence-corrected chi connectivity index (χ0v) is 12.9. The Hall–Kier alpha value is -1.39. The molecular formula is C16H21N3S. The number of anilines is 1. The zero-order valence-electron chi connectivity index (χ0n) is 12.1. The molecule has 1 heterocycles. The van der Waals surface area contributed by atoms with Crippen molar-refractivity contribution in [1.29, 1.82) is 0 Å². The lowest BCUT2D eigenvalue weighted by Crippen LogP contribution is -2.17. The van der Waals surface area contributed by atoms with E-state index in [9.17, 15) is 0 Å². The highest BCUT2D eigenvalue weighted by Crippen LogP contribution is 2.36. The van der Waals surface area contributed by atoms with Crippen LogP contribution < -0.4 is 10.6 Å². The highest BCUT2D eigenvalue weighted by atomic mass is 32.1. The second-order valence-electron chi connectivity index (χ2n) is 5.59. The fourth-order valence-corrected chi connectivity index (χ4v) is 3.82. The Bertz CT molecular complexity index is 606. The minimum Gasteiger partial charge on any atom is -0.347 e. The van der Waals surface area contributed by atoms with E-state index in [0.717, 1.165) is 24.5 Å². The third-order valence-corrected chi connectivity index (χ3v) is 5.32. The maximum atomic E-state index is 6.19. The van der Waals surface area contributed by atoms with Gasteiger partial charge in [-0.3, -0.25) is 0 Å². The van der Waals surface area contributed by atoms with Crippen molar-refractivity contribution in [3.8, 4) is 0 Å². The molecule has 2 aromatic rings. The largest absolute Gasteiger partial charge is 0.347 e. The van der Waals surface area contributed by atoms with Crippen molar-refractivity contribution in [2.45, 2.75) is 38.8 Å². The number of hydrogen-bond acceptors (Lipinski definition) is 4. The van der Waals surface area contributed by atoms with Gasteiger partial charge < -0.3 is 10.6 Å². The van der Waals surface area contributed by atoms with E-state index >= 15 is 0 Å². The van der Waals surface area contributed by atoms with Gasteiger partial charge in [-0.1, -0.05) is 35.6 Å². The van der Waals surface area contributed by atoms with Gasteiger partial charge in [-0.25, -0.2) is 4.98 Å². The molecule has 4 heteroatoms. The number of hydrogen-bond donors (Lipinski definition) is 1. The third-order valence-electron chi connectivity index (χ3n) is 3.98. The summed E-state index contributed by atoms with van der Waals surface area (Å²) in [5.74, 6) is 0. The molecule has 0 bridgehead atoms. The number of nitrogens with zero attached hydrogens (tertiary/aromatic N) is 2. The molecular weight excluding hydrogens is 266 g/mol. The van der Waals surface area contributed by atoms with E-state index in [1.807, 2.05) is 0 Å². The minimum absolute atomic E-state index is 0.192. The number of aromatic nitrogens is 1. The summed E-state index contributed by atoms with van der Waals surface area (Å²) in [4.78, 5) is 8.32. The number of thiazole rings is 1. The van der Waals surface area contributed by atoms with Crippen LogP contribution in [0.25, 0.3) is 0 Å². The minimum atomic E-state index is 0.192. The molecule has 1 unspecified atom stereocenters. The normalized spacial score (nSPS) is 17.9. The van der Waals surface area contributed by atoms with E-state index in [1.165, 1.54) is 28.1 Å². The summed E-state index contributed by atoms with van der Waals surface area (Å²) >= 11 is 1.77. The number of fused-ring (bicyclic) bond motifs is 1. The average Bonchev–Trinajstić information content (AvgIpc) is 2.87. The Kier molecular flexibility index (Phi) is 3.76. The first-order valence-corrected chi connectivity index (χ1v) is 7.97. The summed E-state index contributed by atoms with van der Waals surface area (Å²) in [6.45, 7) is 3.06. The second kappa shape index (κ2) is 5.54. The molecule has 0 radical (unpaired) electrons. The molecule has 1 aliphatic carbocycles. The molecule has 1 atom stereocenters. The predicted molar refractivity (Wildman–Crippen MR) is 85.3 cm³/mol. The van der Waals surface area contributed by atoms with Gasteiger partial charge in [0, 0.05) is 24.5 Å². The lowest BCUT2D eigenvalue weighted by Gasteiger charge is -2.17. The fraction of sp³-hybridized carbons (Fsp3) is 0.438. The quantitative estimate of drug-likeness (QED) is 0.940. The molecule has 3 nitrogen and oxygen atoms in total. The fourth-order valence-electron chi connectivity index (χ4n) is 2.71.